The summed E-state index contributed by atoms with van der Waals surface area (Å²) in [4.78, 5) is 16.0. The fourth-order valence-electron chi connectivity index (χ4n) is 2.32. The first-order valence-electron chi connectivity index (χ1n) is 5.95. The molecule has 0 saturated carbocycles. The molecule has 0 spiro atoms. The minimum absolute atomic E-state index is 0.235. The van der Waals surface area contributed by atoms with Crippen LogP contribution in [0.2, 0.25) is 0 Å². The quantitative estimate of drug-likeness (QED) is 0.586. The van der Waals surface area contributed by atoms with E-state index in [9.17, 15) is 4.79 Å². The van der Waals surface area contributed by atoms with Crippen molar-refractivity contribution in [3.8, 4) is 0 Å². The van der Waals surface area contributed by atoms with Gasteiger partial charge < -0.3 is 9.80 Å². The Morgan fingerprint density at radius 1 is 0.933 bits per heavy atom. The normalized spacial score (nSPS) is 24.3. The molecule has 2 aliphatic rings. The zero-order valence-electron chi connectivity index (χ0n) is 9.12. The molecule has 2 amide bonds. The SMILES string of the molecule is O=C(N1CCCCC1)N1CCC(Cl)CC1. The third-order valence-electron chi connectivity index (χ3n) is 3.32. The van der Waals surface area contributed by atoms with Crippen molar-refractivity contribution in [3.63, 3.8) is 0 Å². The summed E-state index contributed by atoms with van der Waals surface area (Å²) in [7, 11) is 0. The molecule has 3 nitrogen and oxygen atoms in total. The molecule has 0 unspecified atom stereocenters. The summed E-state index contributed by atoms with van der Waals surface area (Å²) in [6, 6.07) is 0.235. The second kappa shape index (κ2) is 5.06. The number of likely N-dealkylation sites (tertiary alicyclic amines) is 2. The van der Waals surface area contributed by atoms with Crippen molar-refractivity contribution in [2.45, 2.75) is 37.5 Å². The van der Waals surface area contributed by atoms with Crippen molar-refractivity contribution >= 4 is 17.6 Å². The van der Waals surface area contributed by atoms with Crippen LogP contribution in [-0.4, -0.2) is 47.4 Å². The van der Waals surface area contributed by atoms with Crippen LogP contribution in [0, 0.1) is 0 Å². The molecular formula is C11H19ClN2O. The molecule has 15 heavy (non-hydrogen) atoms. The molecule has 2 rings (SSSR count). The van der Waals surface area contributed by atoms with E-state index in [1.807, 2.05) is 9.80 Å². The van der Waals surface area contributed by atoms with Crippen molar-refractivity contribution < 1.29 is 4.79 Å². The number of urea groups is 1. The molecule has 0 aromatic carbocycles. The summed E-state index contributed by atoms with van der Waals surface area (Å²) >= 11 is 6.02. The van der Waals surface area contributed by atoms with Gasteiger partial charge in [0.1, 0.15) is 0 Å². The first kappa shape index (κ1) is 11.1. The predicted octanol–water partition coefficient (Wildman–Crippen LogP) is 2.30. The monoisotopic (exact) mass is 230 g/mol. The fraction of sp³-hybridized carbons (Fsp3) is 0.909. The van der Waals surface area contributed by atoms with E-state index in [-0.39, 0.29) is 11.4 Å². The molecular weight excluding hydrogens is 212 g/mol. The van der Waals surface area contributed by atoms with Crippen LogP contribution in [0.3, 0.4) is 0 Å². The summed E-state index contributed by atoms with van der Waals surface area (Å²) in [5.41, 5.74) is 0. The van der Waals surface area contributed by atoms with E-state index in [0.717, 1.165) is 51.9 Å². The smallest absolute Gasteiger partial charge is 0.319 e. The van der Waals surface area contributed by atoms with Gasteiger partial charge in [-0.1, -0.05) is 0 Å². The van der Waals surface area contributed by atoms with Crippen molar-refractivity contribution in [2.75, 3.05) is 26.2 Å². The molecule has 0 atom stereocenters. The second-order valence-electron chi connectivity index (χ2n) is 4.49. The molecule has 2 heterocycles. The van der Waals surface area contributed by atoms with Crippen molar-refractivity contribution in [1.82, 2.24) is 9.80 Å². The van der Waals surface area contributed by atoms with Gasteiger partial charge in [-0.3, -0.25) is 0 Å². The number of nitrogens with zero attached hydrogens (tertiary/aromatic N) is 2. The van der Waals surface area contributed by atoms with Gasteiger partial charge in [0.05, 0.1) is 0 Å². The number of piperidine rings is 2. The van der Waals surface area contributed by atoms with Gasteiger partial charge in [0.15, 0.2) is 0 Å². The van der Waals surface area contributed by atoms with Gasteiger partial charge in [0.25, 0.3) is 0 Å². The summed E-state index contributed by atoms with van der Waals surface area (Å²) in [6.45, 7) is 3.56. The Hall–Kier alpha value is -0.440. The van der Waals surface area contributed by atoms with E-state index in [1.165, 1.54) is 6.42 Å². The molecule has 0 bridgehead atoms. The zero-order chi connectivity index (χ0) is 10.7. The number of hydrogen-bond donors (Lipinski definition) is 0. The maximum absolute atomic E-state index is 12.1. The highest BCUT2D eigenvalue weighted by Gasteiger charge is 2.25. The van der Waals surface area contributed by atoms with E-state index in [0.29, 0.717) is 0 Å². The van der Waals surface area contributed by atoms with Gasteiger partial charge >= 0.3 is 6.03 Å². The average Bonchev–Trinajstić information content (AvgIpc) is 2.30. The summed E-state index contributed by atoms with van der Waals surface area (Å²) in [6.07, 6.45) is 5.49. The lowest BCUT2D eigenvalue weighted by atomic mass is 10.1. The van der Waals surface area contributed by atoms with Gasteiger partial charge in [-0.25, -0.2) is 4.79 Å². The fourth-order valence-corrected chi connectivity index (χ4v) is 2.52. The van der Waals surface area contributed by atoms with Gasteiger partial charge in [-0.2, -0.15) is 0 Å². The van der Waals surface area contributed by atoms with Crippen LogP contribution < -0.4 is 0 Å². The minimum Gasteiger partial charge on any atom is -0.325 e. The molecule has 0 N–H and O–H groups in total. The number of halogens is 1. The molecule has 0 aromatic rings. The molecule has 2 aliphatic heterocycles. The van der Waals surface area contributed by atoms with Gasteiger partial charge in [0, 0.05) is 31.6 Å². The maximum Gasteiger partial charge on any atom is 0.319 e. The van der Waals surface area contributed by atoms with Crippen LogP contribution >= 0.6 is 11.6 Å². The molecule has 2 saturated heterocycles. The second-order valence-corrected chi connectivity index (χ2v) is 5.11. The van der Waals surface area contributed by atoms with E-state index >= 15 is 0 Å². The molecule has 0 aliphatic carbocycles. The number of rotatable bonds is 0. The largest absolute Gasteiger partial charge is 0.325 e. The van der Waals surface area contributed by atoms with Crippen LogP contribution in [0.1, 0.15) is 32.1 Å². The van der Waals surface area contributed by atoms with Crippen molar-refractivity contribution in [2.24, 2.45) is 0 Å². The predicted molar refractivity (Wildman–Crippen MR) is 61.3 cm³/mol. The number of amides is 2. The lowest BCUT2D eigenvalue weighted by Crippen LogP contribution is -2.48. The van der Waals surface area contributed by atoms with Crippen molar-refractivity contribution in [3.05, 3.63) is 0 Å². The van der Waals surface area contributed by atoms with Crippen molar-refractivity contribution in [1.29, 1.82) is 0 Å². The first-order valence-corrected chi connectivity index (χ1v) is 6.39. The number of alkyl halides is 1. The molecule has 0 aromatic heterocycles. The highest BCUT2D eigenvalue weighted by molar-refractivity contribution is 6.20. The molecule has 2 fully saturated rings. The Balaban J connectivity index is 1.84. The van der Waals surface area contributed by atoms with Crippen LogP contribution in [0.5, 0.6) is 0 Å². The Bertz CT molecular complexity index is 221. The Labute approximate surface area is 96.4 Å². The van der Waals surface area contributed by atoms with E-state index < -0.39 is 0 Å². The maximum atomic E-state index is 12.1. The number of hydrogen-bond acceptors (Lipinski definition) is 1. The Kier molecular flexibility index (Phi) is 3.73. The number of carbonyl (C=O) groups is 1. The Morgan fingerprint density at radius 3 is 2.07 bits per heavy atom. The molecule has 4 heteroatoms. The minimum atomic E-state index is 0.235. The summed E-state index contributed by atoms with van der Waals surface area (Å²) in [5, 5.41) is 0.274. The van der Waals surface area contributed by atoms with Crippen LogP contribution in [0.25, 0.3) is 0 Å². The summed E-state index contributed by atoms with van der Waals surface area (Å²) < 4.78 is 0. The standard InChI is InChI=1S/C11H19ClN2O/c12-10-4-8-14(9-5-10)11(15)13-6-2-1-3-7-13/h10H,1-9H2. The topological polar surface area (TPSA) is 23.6 Å². The molecule has 86 valence electrons. The summed E-state index contributed by atoms with van der Waals surface area (Å²) in [5.74, 6) is 0. The third kappa shape index (κ3) is 2.77. The highest BCUT2D eigenvalue weighted by Crippen LogP contribution is 2.18. The van der Waals surface area contributed by atoms with E-state index in [2.05, 4.69) is 0 Å². The van der Waals surface area contributed by atoms with Gasteiger partial charge in [-0.05, 0) is 32.1 Å². The van der Waals surface area contributed by atoms with Crippen LogP contribution in [0.15, 0.2) is 0 Å². The Morgan fingerprint density at radius 2 is 1.47 bits per heavy atom. The van der Waals surface area contributed by atoms with Crippen LogP contribution in [-0.2, 0) is 0 Å². The lowest BCUT2D eigenvalue weighted by molar-refractivity contribution is 0.135. The zero-order valence-corrected chi connectivity index (χ0v) is 9.88. The van der Waals surface area contributed by atoms with Gasteiger partial charge in [0.2, 0.25) is 0 Å². The van der Waals surface area contributed by atoms with Gasteiger partial charge in [-0.15, -0.1) is 11.6 Å². The number of carbonyl (C=O) groups excluding carboxylic acids is 1. The highest BCUT2D eigenvalue weighted by atomic mass is 35.5. The first-order chi connectivity index (χ1) is 7.27. The van der Waals surface area contributed by atoms with E-state index in [1.54, 1.807) is 0 Å². The van der Waals surface area contributed by atoms with Crippen LogP contribution in [0.4, 0.5) is 4.79 Å². The third-order valence-corrected chi connectivity index (χ3v) is 3.76. The van der Waals surface area contributed by atoms with E-state index in [4.69, 9.17) is 11.6 Å². The average molecular weight is 231 g/mol. The molecule has 0 radical (unpaired) electrons. The lowest BCUT2D eigenvalue weighted by Gasteiger charge is -2.35.